The van der Waals surface area contributed by atoms with Gasteiger partial charge in [0, 0.05) is 23.9 Å². The van der Waals surface area contributed by atoms with Gasteiger partial charge in [-0.05, 0) is 39.8 Å². The molecule has 192 valence electrons. The van der Waals surface area contributed by atoms with Crippen molar-refractivity contribution in [2.24, 2.45) is 0 Å². The van der Waals surface area contributed by atoms with Gasteiger partial charge < -0.3 is 14.8 Å². The van der Waals surface area contributed by atoms with Crippen LogP contribution >= 0.6 is 0 Å². The quantitative estimate of drug-likeness (QED) is 0.300. The number of alkyl halides is 3. The molecule has 0 aliphatic heterocycles. The average molecular weight is 505 g/mol. The molecule has 0 amide bonds. The van der Waals surface area contributed by atoms with Crippen molar-refractivity contribution in [3.8, 4) is 0 Å². The number of Topliss-reactive ketones (excluding diaryl/α,β-unsaturated/α-hetero) is 1. The Balaban J connectivity index is 2.12. The Morgan fingerprint density at radius 3 is 2.25 bits per heavy atom. The summed E-state index contributed by atoms with van der Waals surface area (Å²) in [5.74, 6) is -1.10. The number of halogens is 3. The minimum atomic E-state index is -4.68. The van der Waals surface area contributed by atoms with Gasteiger partial charge in [-0.1, -0.05) is 36.4 Å². The van der Waals surface area contributed by atoms with Crippen molar-refractivity contribution in [1.29, 1.82) is 0 Å². The van der Waals surface area contributed by atoms with E-state index in [0.717, 1.165) is 16.7 Å². The molecule has 1 heterocycles. The van der Waals surface area contributed by atoms with Gasteiger partial charge in [-0.2, -0.15) is 13.2 Å². The highest BCUT2D eigenvalue weighted by Gasteiger charge is 2.34. The molecule has 7 nitrogen and oxygen atoms in total. The summed E-state index contributed by atoms with van der Waals surface area (Å²) in [5, 5.41) is 3.13. The number of rotatable bonds is 7. The molecule has 1 aromatic heterocycles. The second-order valence-corrected chi connectivity index (χ2v) is 8.96. The average Bonchev–Trinajstić information content (AvgIpc) is 3.12. The van der Waals surface area contributed by atoms with Crippen LogP contribution in [0.1, 0.15) is 60.5 Å². The van der Waals surface area contributed by atoms with E-state index in [9.17, 15) is 27.6 Å². The van der Waals surface area contributed by atoms with Crippen molar-refractivity contribution in [3.05, 3.63) is 65.4 Å². The smallest absolute Gasteiger partial charge is 0.419 e. The maximum Gasteiger partial charge on any atom is 0.419 e. The summed E-state index contributed by atoms with van der Waals surface area (Å²) in [4.78, 5) is 38.6. The molecule has 10 heteroatoms. The molecule has 0 aliphatic rings. The molecule has 3 aromatic rings. The van der Waals surface area contributed by atoms with Gasteiger partial charge in [0.25, 0.3) is 0 Å². The Morgan fingerprint density at radius 2 is 1.67 bits per heavy atom. The van der Waals surface area contributed by atoms with E-state index in [2.05, 4.69) is 5.32 Å². The molecular formula is C26H27F3N2O5. The minimum absolute atomic E-state index is 0.0333. The van der Waals surface area contributed by atoms with Crippen LogP contribution < -0.4 is 5.32 Å². The maximum atomic E-state index is 13.5. The van der Waals surface area contributed by atoms with E-state index in [1.807, 2.05) is 0 Å². The van der Waals surface area contributed by atoms with E-state index >= 15 is 0 Å². The number of ether oxygens (including phenoxy) is 2. The number of anilines is 1. The van der Waals surface area contributed by atoms with E-state index < -0.39 is 29.4 Å². The first-order chi connectivity index (χ1) is 16.8. The third-order valence-corrected chi connectivity index (χ3v) is 5.09. The SMILES string of the molecule is CCOC(=O)c1c(NCCC(=O)c2ccccc2)c2ccc(C(F)(F)F)cc2n1C(=O)OC(C)(C)C. The normalized spacial score (nSPS) is 11.9. The molecule has 0 fully saturated rings. The fourth-order valence-corrected chi connectivity index (χ4v) is 3.60. The van der Waals surface area contributed by atoms with Crippen LogP contribution in [0, 0.1) is 0 Å². The topological polar surface area (TPSA) is 86.6 Å². The molecule has 0 unspecified atom stereocenters. The summed E-state index contributed by atoms with van der Waals surface area (Å²) < 4.78 is 51.8. The number of hydrogen-bond donors (Lipinski definition) is 1. The Morgan fingerprint density at radius 1 is 1.00 bits per heavy atom. The van der Waals surface area contributed by atoms with E-state index in [0.29, 0.717) is 5.56 Å². The lowest BCUT2D eigenvalue weighted by Gasteiger charge is -2.21. The molecule has 0 spiro atoms. The predicted molar refractivity (Wildman–Crippen MR) is 128 cm³/mol. The fourth-order valence-electron chi connectivity index (χ4n) is 3.60. The molecule has 3 rings (SSSR count). The first-order valence-corrected chi connectivity index (χ1v) is 11.3. The highest BCUT2D eigenvalue weighted by Crippen LogP contribution is 2.37. The number of aromatic nitrogens is 1. The standard InChI is InChI=1S/C26H27F3N2O5/c1-5-35-23(33)22-21(30-14-13-20(32)16-9-7-6-8-10-16)18-12-11-17(26(27,28)29)15-19(18)31(22)24(34)36-25(2,3)4/h6-12,15,30H,5,13-14H2,1-4H3. The van der Waals surface area contributed by atoms with Gasteiger partial charge in [0.15, 0.2) is 11.5 Å². The number of nitrogens with zero attached hydrogens (tertiary/aromatic N) is 1. The Bertz CT molecular complexity index is 1270. The summed E-state index contributed by atoms with van der Waals surface area (Å²) in [6, 6.07) is 11.4. The summed E-state index contributed by atoms with van der Waals surface area (Å²) in [7, 11) is 0. The number of hydrogen-bond acceptors (Lipinski definition) is 6. The van der Waals surface area contributed by atoms with Crippen molar-refractivity contribution in [3.63, 3.8) is 0 Å². The maximum absolute atomic E-state index is 13.5. The van der Waals surface area contributed by atoms with Crippen LogP contribution in [0.2, 0.25) is 0 Å². The molecule has 1 N–H and O–H groups in total. The minimum Gasteiger partial charge on any atom is -0.461 e. The monoisotopic (exact) mass is 504 g/mol. The summed E-state index contributed by atoms with van der Waals surface area (Å²) in [6.07, 6.45) is -5.69. The Kier molecular flexibility index (Phi) is 7.76. The van der Waals surface area contributed by atoms with Gasteiger partial charge in [-0.25, -0.2) is 14.2 Å². The summed E-state index contributed by atoms with van der Waals surface area (Å²) in [5.41, 5.74) is -1.92. The van der Waals surface area contributed by atoms with E-state index in [1.54, 1.807) is 58.0 Å². The predicted octanol–water partition coefficient (Wildman–Crippen LogP) is 6.30. The van der Waals surface area contributed by atoms with E-state index in [-0.39, 0.29) is 47.6 Å². The largest absolute Gasteiger partial charge is 0.461 e. The van der Waals surface area contributed by atoms with Gasteiger partial charge in [-0.3, -0.25) is 4.79 Å². The van der Waals surface area contributed by atoms with Crippen molar-refractivity contribution in [2.75, 3.05) is 18.5 Å². The van der Waals surface area contributed by atoms with Crippen LogP contribution in [0.5, 0.6) is 0 Å². The molecule has 0 saturated carbocycles. The number of fused-ring (bicyclic) bond motifs is 1. The van der Waals surface area contributed by atoms with Crippen molar-refractivity contribution in [1.82, 2.24) is 4.57 Å². The lowest BCUT2D eigenvalue weighted by Crippen LogP contribution is -2.29. The molecule has 0 bridgehead atoms. The van der Waals surface area contributed by atoms with Gasteiger partial charge in [0.2, 0.25) is 0 Å². The molecule has 0 radical (unpaired) electrons. The van der Waals surface area contributed by atoms with E-state index in [4.69, 9.17) is 9.47 Å². The number of benzene rings is 2. The zero-order valence-corrected chi connectivity index (χ0v) is 20.4. The zero-order chi connectivity index (χ0) is 26.7. The van der Waals surface area contributed by atoms with Crippen molar-refractivity contribution in [2.45, 2.75) is 45.9 Å². The molecule has 0 atom stereocenters. The first-order valence-electron chi connectivity index (χ1n) is 11.3. The van der Waals surface area contributed by atoms with Crippen LogP contribution in [0.15, 0.2) is 48.5 Å². The summed E-state index contributed by atoms with van der Waals surface area (Å²) >= 11 is 0. The lowest BCUT2D eigenvalue weighted by atomic mass is 10.1. The number of nitrogens with one attached hydrogen (secondary N) is 1. The zero-order valence-electron chi connectivity index (χ0n) is 20.4. The van der Waals surface area contributed by atoms with Gasteiger partial charge in [0.05, 0.1) is 23.4 Å². The van der Waals surface area contributed by atoms with Gasteiger partial charge in [-0.15, -0.1) is 0 Å². The Labute approximate surface area is 206 Å². The number of carbonyl (C=O) groups excluding carboxylic acids is 3. The molecular weight excluding hydrogens is 477 g/mol. The van der Waals surface area contributed by atoms with E-state index in [1.165, 1.54) is 6.07 Å². The highest BCUT2D eigenvalue weighted by atomic mass is 19.4. The fraction of sp³-hybridized carbons (Fsp3) is 0.346. The Hall–Kier alpha value is -3.82. The van der Waals surface area contributed by atoms with Crippen LogP contribution in [-0.4, -0.2) is 41.2 Å². The van der Waals surface area contributed by atoms with Crippen molar-refractivity contribution < 1.29 is 37.0 Å². The van der Waals surface area contributed by atoms with Crippen molar-refractivity contribution >= 4 is 34.4 Å². The van der Waals surface area contributed by atoms with Crippen LogP contribution in [0.25, 0.3) is 10.9 Å². The first kappa shape index (κ1) is 26.8. The molecule has 0 aliphatic carbocycles. The van der Waals surface area contributed by atoms with Crippen LogP contribution in [-0.2, 0) is 15.7 Å². The van der Waals surface area contributed by atoms with Crippen LogP contribution in [0.4, 0.5) is 23.7 Å². The summed E-state index contributed by atoms with van der Waals surface area (Å²) in [6.45, 7) is 6.36. The number of esters is 1. The third-order valence-electron chi connectivity index (χ3n) is 5.09. The lowest BCUT2D eigenvalue weighted by molar-refractivity contribution is -0.137. The van der Waals surface area contributed by atoms with Crippen LogP contribution in [0.3, 0.4) is 0 Å². The number of carbonyl (C=O) groups is 3. The molecule has 2 aromatic carbocycles. The second-order valence-electron chi connectivity index (χ2n) is 8.96. The van der Waals surface area contributed by atoms with Gasteiger partial charge >= 0.3 is 18.2 Å². The second kappa shape index (κ2) is 10.4. The highest BCUT2D eigenvalue weighted by molar-refractivity contribution is 6.11. The third kappa shape index (κ3) is 6.05. The molecule has 36 heavy (non-hydrogen) atoms. The van der Waals surface area contributed by atoms with Gasteiger partial charge in [0.1, 0.15) is 5.60 Å². The number of ketones is 1. The molecule has 0 saturated heterocycles.